The lowest BCUT2D eigenvalue weighted by Gasteiger charge is -2.11. The van der Waals surface area contributed by atoms with Crippen LogP contribution in [0.25, 0.3) is 22.7 Å². The summed E-state index contributed by atoms with van der Waals surface area (Å²) in [6, 6.07) is 16.3. The Balaban J connectivity index is 1.62. The molecule has 2 aromatic carbocycles. The van der Waals surface area contributed by atoms with E-state index in [0.29, 0.717) is 34.1 Å². The van der Waals surface area contributed by atoms with E-state index in [9.17, 15) is 4.79 Å². The second kappa shape index (κ2) is 6.92. The smallest absolute Gasteiger partial charge is 0.256 e. The van der Waals surface area contributed by atoms with E-state index in [0.717, 1.165) is 11.1 Å². The van der Waals surface area contributed by atoms with Gasteiger partial charge in [-0.25, -0.2) is 4.98 Å². The zero-order valence-electron chi connectivity index (χ0n) is 14.9. The molecule has 2 aromatic heterocycles. The molecule has 134 valence electrons. The lowest BCUT2D eigenvalue weighted by atomic mass is 10.1. The number of carbonyl (C=O) groups excluding carboxylic acids is 1. The fraction of sp³-hybridized carbons (Fsp3) is 0.0952. The molecule has 0 spiro atoms. The molecule has 0 unspecified atom stereocenters. The van der Waals surface area contributed by atoms with Crippen molar-refractivity contribution < 1.29 is 13.9 Å². The molecule has 0 radical (unpaired) electrons. The molecule has 6 heteroatoms. The maximum absolute atomic E-state index is 12.7. The van der Waals surface area contributed by atoms with Gasteiger partial charge >= 0.3 is 0 Å². The predicted molar refractivity (Wildman–Crippen MR) is 103 cm³/mol. The van der Waals surface area contributed by atoms with Gasteiger partial charge in [-0.15, -0.1) is 0 Å². The minimum Gasteiger partial charge on any atom is -0.496 e. The molecule has 4 aromatic rings. The number of anilines is 1. The number of nitrogens with zero attached hydrogens (tertiary/aromatic N) is 2. The number of aromatic nitrogens is 2. The van der Waals surface area contributed by atoms with Gasteiger partial charge in [0.15, 0.2) is 11.2 Å². The Bertz CT molecular complexity index is 1100. The van der Waals surface area contributed by atoms with Gasteiger partial charge in [0, 0.05) is 28.6 Å². The summed E-state index contributed by atoms with van der Waals surface area (Å²) in [5.41, 5.74) is 3.93. The Morgan fingerprint density at radius 1 is 1.11 bits per heavy atom. The van der Waals surface area contributed by atoms with Crippen molar-refractivity contribution in [3.05, 3.63) is 71.9 Å². The lowest BCUT2D eigenvalue weighted by Crippen LogP contribution is -2.13. The average Bonchev–Trinajstić information content (AvgIpc) is 3.12. The SMILES string of the molecule is COc1cccc(C(=O)Nc2cccc(-c3nc4ncccc4o3)c2)c1C. The summed E-state index contributed by atoms with van der Waals surface area (Å²) in [6.07, 6.45) is 1.67. The van der Waals surface area contributed by atoms with Crippen molar-refractivity contribution in [2.24, 2.45) is 0 Å². The molecule has 0 bridgehead atoms. The highest BCUT2D eigenvalue weighted by molar-refractivity contribution is 6.05. The molecular formula is C21H17N3O3. The monoisotopic (exact) mass is 359 g/mol. The summed E-state index contributed by atoms with van der Waals surface area (Å²) in [5, 5.41) is 2.91. The average molecular weight is 359 g/mol. The van der Waals surface area contributed by atoms with Crippen LogP contribution in [0.15, 0.2) is 65.2 Å². The van der Waals surface area contributed by atoms with E-state index in [1.807, 2.05) is 43.3 Å². The number of rotatable bonds is 4. The summed E-state index contributed by atoms with van der Waals surface area (Å²) in [7, 11) is 1.59. The van der Waals surface area contributed by atoms with Crippen LogP contribution in [0.3, 0.4) is 0 Å². The Morgan fingerprint density at radius 2 is 1.96 bits per heavy atom. The maximum atomic E-state index is 12.7. The minimum atomic E-state index is -0.206. The van der Waals surface area contributed by atoms with Crippen LogP contribution >= 0.6 is 0 Å². The highest BCUT2D eigenvalue weighted by Gasteiger charge is 2.14. The molecule has 0 saturated heterocycles. The molecule has 27 heavy (non-hydrogen) atoms. The first-order valence-electron chi connectivity index (χ1n) is 8.42. The quantitative estimate of drug-likeness (QED) is 0.582. The third kappa shape index (κ3) is 3.25. The molecule has 0 atom stereocenters. The van der Waals surface area contributed by atoms with Gasteiger partial charge in [0.1, 0.15) is 5.75 Å². The van der Waals surface area contributed by atoms with Gasteiger partial charge in [-0.05, 0) is 49.4 Å². The Kier molecular flexibility index (Phi) is 4.30. The van der Waals surface area contributed by atoms with Crippen molar-refractivity contribution in [3.63, 3.8) is 0 Å². The third-order valence-corrected chi connectivity index (χ3v) is 4.28. The molecule has 2 heterocycles. The number of oxazole rings is 1. The molecule has 0 aliphatic heterocycles. The first-order valence-corrected chi connectivity index (χ1v) is 8.42. The highest BCUT2D eigenvalue weighted by atomic mass is 16.5. The Morgan fingerprint density at radius 3 is 2.78 bits per heavy atom. The zero-order chi connectivity index (χ0) is 18.8. The van der Waals surface area contributed by atoms with Crippen molar-refractivity contribution in [1.29, 1.82) is 0 Å². The molecule has 0 saturated carbocycles. The number of amides is 1. The molecular weight excluding hydrogens is 342 g/mol. The second-order valence-electron chi connectivity index (χ2n) is 6.01. The van der Waals surface area contributed by atoms with E-state index < -0.39 is 0 Å². The first kappa shape index (κ1) is 16.8. The van der Waals surface area contributed by atoms with Crippen molar-refractivity contribution in [3.8, 4) is 17.2 Å². The number of hydrogen-bond donors (Lipinski definition) is 1. The minimum absolute atomic E-state index is 0.206. The van der Waals surface area contributed by atoms with E-state index in [4.69, 9.17) is 9.15 Å². The summed E-state index contributed by atoms with van der Waals surface area (Å²) >= 11 is 0. The van der Waals surface area contributed by atoms with Crippen LogP contribution in [0.4, 0.5) is 5.69 Å². The van der Waals surface area contributed by atoms with Gasteiger partial charge in [-0.3, -0.25) is 4.79 Å². The van der Waals surface area contributed by atoms with Gasteiger partial charge < -0.3 is 14.5 Å². The van der Waals surface area contributed by atoms with Crippen LogP contribution in [-0.2, 0) is 0 Å². The maximum Gasteiger partial charge on any atom is 0.256 e. The molecule has 0 aliphatic rings. The summed E-state index contributed by atoms with van der Waals surface area (Å²) < 4.78 is 11.0. The van der Waals surface area contributed by atoms with Gasteiger partial charge in [-0.1, -0.05) is 12.1 Å². The summed E-state index contributed by atoms with van der Waals surface area (Å²) in [4.78, 5) is 21.2. The third-order valence-electron chi connectivity index (χ3n) is 4.28. The molecule has 1 amide bonds. The molecule has 4 rings (SSSR count). The van der Waals surface area contributed by atoms with Crippen LogP contribution in [0.1, 0.15) is 15.9 Å². The van der Waals surface area contributed by atoms with Gasteiger partial charge in [0.25, 0.3) is 5.91 Å². The first-order chi connectivity index (χ1) is 13.2. The topological polar surface area (TPSA) is 77.2 Å². The second-order valence-corrected chi connectivity index (χ2v) is 6.01. The number of pyridine rings is 1. The zero-order valence-corrected chi connectivity index (χ0v) is 14.9. The van der Waals surface area contributed by atoms with E-state index in [1.54, 1.807) is 31.5 Å². The van der Waals surface area contributed by atoms with E-state index in [-0.39, 0.29) is 5.91 Å². The van der Waals surface area contributed by atoms with Crippen LogP contribution in [-0.4, -0.2) is 23.0 Å². The predicted octanol–water partition coefficient (Wildman–Crippen LogP) is 4.46. The van der Waals surface area contributed by atoms with Crippen molar-refractivity contribution >= 4 is 22.8 Å². The van der Waals surface area contributed by atoms with Crippen molar-refractivity contribution in [1.82, 2.24) is 9.97 Å². The van der Waals surface area contributed by atoms with Gasteiger partial charge in [0.2, 0.25) is 5.89 Å². The number of carbonyl (C=O) groups is 1. The largest absolute Gasteiger partial charge is 0.496 e. The lowest BCUT2D eigenvalue weighted by molar-refractivity contribution is 0.102. The number of fused-ring (bicyclic) bond motifs is 1. The van der Waals surface area contributed by atoms with Crippen LogP contribution in [0.2, 0.25) is 0 Å². The standard InChI is InChI=1S/C21H17N3O3/c1-13-16(8-4-9-17(13)26-2)20(25)23-15-7-3-6-14(12-15)21-24-19-18(27-21)10-5-11-22-19/h3-12H,1-2H3,(H,23,25). The summed E-state index contributed by atoms with van der Waals surface area (Å²) in [5.74, 6) is 0.926. The number of ether oxygens (including phenoxy) is 1. The highest BCUT2D eigenvalue weighted by Crippen LogP contribution is 2.26. The van der Waals surface area contributed by atoms with Crippen molar-refractivity contribution in [2.45, 2.75) is 6.92 Å². The fourth-order valence-corrected chi connectivity index (χ4v) is 2.90. The summed E-state index contributed by atoms with van der Waals surface area (Å²) in [6.45, 7) is 1.86. The van der Waals surface area contributed by atoms with E-state index >= 15 is 0 Å². The Hall–Kier alpha value is -3.67. The van der Waals surface area contributed by atoms with Gasteiger partial charge in [-0.2, -0.15) is 4.98 Å². The van der Waals surface area contributed by atoms with E-state index in [1.165, 1.54) is 0 Å². The van der Waals surface area contributed by atoms with Crippen LogP contribution in [0.5, 0.6) is 5.75 Å². The van der Waals surface area contributed by atoms with Crippen LogP contribution in [0, 0.1) is 6.92 Å². The molecule has 0 aliphatic carbocycles. The van der Waals surface area contributed by atoms with Crippen molar-refractivity contribution in [2.75, 3.05) is 12.4 Å². The van der Waals surface area contributed by atoms with E-state index in [2.05, 4.69) is 15.3 Å². The van der Waals surface area contributed by atoms with Gasteiger partial charge in [0.05, 0.1) is 7.11 Å². The molecule has 1 N–H and O–H groups in total. The van der Waals surface area contributed by atoms with Crippen LogP contribution < -0.4 is 10.1 Å². The number of methoxy groups -OCH3 is 1. The Labute approximate surface area is 155 Å². The number of hydrogen-bond acceptors (Lipinski definition) is 5. The molecule has 6 nitrogen and oxygen atoms in total. The molecule has 0 fully saturated rings. The number of benzene rings is 2. The normalized spacial score (nSPS) is 10.7. The number of nitrogens with one attached hydrogen (secondary N) is 1. The fourth-order valence-electron chi connectivity index (χ4n) is 2.90.